The van der Waals surface area contributed by atoms with E-state index in [2.05, 4.69) is 10.1 Å². The van der Waals surface area contributed by atoms with Gasteiger partial charge >= 0.3 is 0 Å². The molecule has 0 bridgehead atoms. The van der Waals surface area contributed by atoms with Gasteiger partial charge in [-0.25, -0.2) is 9.37 Å². The maximum atomic E-state index is 13.6. The normalized spacial score (nSPS) is 11.4. The second-order valence-electron chi connectivity index (χ2n) is 4.74. The molecular formula is C14H12Cl2FN3O. The molecule has 1 aromatic carbocycles. The lowest BCUT2D eigenvalue weighted by atomic mass is 10.3. The number of benzene rings is 1. The largest absolute Gasteiger partial charge is 0.359 e. The zero-order valence-electron chi connectivity index (χ0n) is 11.2. The van der Waals surface area contributed by atoms with Crippen LogP contribution in [-0.2, 0) is 13.0 Å². The lowest BCUT2D eigenvalue weighted by Crippen LogP contribution is -2.05. The average molecular weight is 328 g/mol. The van der Waals surface area contributed by atoms with Gasteiger partial charge in [-0.3, -0.25) is 0 Å². The third kappa shape index (κ3) is 2.76. The molecule has 0 unspecified atom stereocenters. The highest BCUT2D eigenvalue weighted by molar-refractivity contribution is 6.31. The van der Waals surface area contributed by atoms with Crippen LogP contribution in [0.5, 0.6) is 0 Å². The van der Waals surface area contributed by atoms with E-state index in [0.717, 1.165) is 17.0 Å². The minimum atomic E-state index is -0.484. The van der Waals surface area contributed by atoms with Gasteiger partial charge in [0.25, 0.3) is 0 Å². The molecule has 0 N–H and O–H groups in total. The molecule has 4 nitrogen and oxygen atoms in total. The molecule has 0 aliphatic rings. The molecule has 3 rings (SSSR count). The molecule has 0 spiro atoms. The van der Waals surface area contributed by atoms with Crippen LogP contribution < -0.4 is 0 Å². The third-order valence-electron chi connectivity index (χ3n) is 3.18. The molecule has 0 saturated heterocycles. The van der Waals surface area contributed by atoms with Crippen molar-refractivity contribution in [3.63, 3.8) is 0 Å². The van der Waals surface area contributed by atoms with Gasteiger partial charge in [0.15, 0.2) is 5.76 Å². The van der Waals surface area contributed by atoms with Crippen LogP contribution in [0.15, 0.2) is 22.7 Å². The number of hydrogen-bond donors (Lipinski definition) is 0. The Morgan fingerprint density at radius 1 is 1.33 bits per heavy atom. The molecule has 2 aromatic heterocycles. The van der Waals surface area contributed by atoms with E-state index in [9.17, 15) is 4.39 Å². The Labute approximate surface area is 130 Å². The highest BCUT2D eigenvalue weighted by Crippen LogP contribution is 2.25. The molecule has 0 saturated carbocycles. The van der Waals surface area contributed by atoms with Gasteiger partial charge in [-0.15, -0.1) is 11.6 Å². The summed E-state index contributed by atoms with van der Waals surface area (Å²) in [5, 5.41) is 3.93. The van der Waals surface area contributed by atoms with E-state index < -0.39 is 5.82 Å². The van der Waals surface area contributed by atoms with Gasteiger partial charge in [0, 0.05) is 24.4 Å². The number of rotatable bonds is 4. The Hall–Kier alpha value is -1.59. The molecule has 7 heteroatoms. The molecule has 0 aliphatic carbocycles. The van der Waals surface area contributed by atoms with Crippen LogP contribution >= 0.6 is 23.2 Å². The molecule has 0 aliphatic heterocycles. The summed E-state index contributed by atoms with van der Waals surface area (Å²) in [5.74, 6) is 1.40. The highest BCUT2D eigenvalue weighted by Gasteiger charge is 2.15. The maximum absolute atomic E-state index is 13.6. The Morgan fingerprint density at radius 2 is 2.14 bits per heavy atom. The Balaban J connectivity index is 2.12. The first kappa shape index (κ1) is 14.4. The zero-order valence-corrected chi connectivity index (χ0v) is 12.7. The van der Waals surface area contributed by atoms with Crippen molar-refractivity contribution in [1.29, 1.82) is 0 Å². The minimum absolute atomic E-state index is 0.0647. The minimum Gasteiger partial charge on any atom is -0.359 e. The number of alkyl halides is 1. The van der Waals surface area contributed by atoms with Crippen molar-refractivity contribution in [2.75, 3.05) is 5.88 Å². The summed E-state index contributed by atoms with van der Waals surface area (Å²) in [7, 11) is 0. The zero-order chi connectivity index (χ0) is 15.0. The molecule has 2 heterocycles. The maximum Gasteiger partial charge on any atom is 0.156 e. The van der Waals surface area contributed by atoms with E-state index in [1.807, 2.05) is 17.6 Å². The lowest BCUT2D eigenvalue weighted by Gasteiger charge is -2.06. The molecule has 0 radical (unpaired) electrons. The van der Waals surface area contributed by atoms with Gasteiger partial charge in [-0.1, -0.05) is 16.8 Å². The van der Waals surface area contributed by atoms with Crippen molar-refractivity contribution in [2.45, 2.75) is 19.9 Å². The first-order chi connectivity index (χ1) is 10.1. The van der Waals surface area contributed by atoms with Crippen molar-refractivity contribution in [2.24, 2.45) is 0 Å². The molecule has 0 atom stereocenters. The summed E-state index contributed by atoms with van der Waals surface area (Å²) in [6.07, 6.45) is 0.572. The van der Waals surface area contributed by atoms with Crippen LogP contribution in [0.1, 0.15) is 17.3 Å². The lowest BCUT2D eigenvalue weighted by molar-refractivity contribution is 0.373. The van der Waals surface area contributed by atoms with Gasteiger partial charge in [0.2, 0.25) is 0 Å². The standard InChI is InChI=1S/C14H12Cl2FN3O/c1-8-4-9(21-19-8)7-20-13-5-10(16)11(17)6-12(13)18-14(20)2-3-15/h4-6H,2-3,7H2,1H3. The van der Waals surface area contributed by atoms with Gasteiger partial charge in [-0.2, -0.15) is 0 Å². The second kappa shape index (κ2) is 5.66. The summed E-state index contributed by atoms with van der Waals surface area (Å²) in [5.41, 5.74) is 2.10. The van der Waals surface area contributed by atoms with E-state index in [1.54, 1.807) is 6.07 Å². The molecule has 3 aromatic rings. The molecule has 21 heavy (non-hydrogen) atoms. The predicted molar refractivity (Wildman–Crippen MR) is 79.5 cm³/mol. The van der Waals surface area contributed by atoms with Gasteiger partial charge in [0.05, 0.1) is 28.3 Å². The van der Waals surface area contributed by atoms with Crippen LogP contribution in [0, 0.1) is 12.7 Å². The molecule has 0 fully saturated rings. The first-order valence-corrected chi connectivity index (χ1v) is 7.32. The van der Waals surface area contributed by atoms with Crippen LogP contribution in [0.4, 0.5) is 4.39 Å². The third-order valence-corrected chi connectivity index (χ3v) is 3.66. The Kier molecular flexibility index (Phi) is 3.87. The summed E-state index contributed by atoms with van der Waals surface area (Å²) in [6, 6.07) is 4.75. The van der Waals surface area contributed by atoms with Gasteiger partial charge < -0.3 is 9.09 Å². The summed E-state index contributed by atoms with van der Waals surface area (Å²) in [4.78, 5) is 4.43. The average Bonchev–Trinajstić information content (AvgIpc) is 2.97. The van der Waals surface area contributed by atoms with E-state index in [-0.39, 0.29) is 5.02 Å². The Morgan fingerprint density at radius 3 is 2.81 bits per heavy atom. The van der Waals surface area contributed by atoms with Crippen LogP contribution in [0.25, 0.3) is 11.0 Å². The quantitative estimate of drug-likeness (QED) is 0.681. The van der Waals surface area contributed by atoms with Crippen LogP contribution in [-0.4, -0.2) is 20.6 Å². The monoisotopic (exact) mass is 327 g/mol. The molecule has 110 valence electrons. The fourth-order valence-electron chi connectivity index (χ4n) is 2.27. The number of imidazole rings is 1. The summed E-state index contributed by atoms with van der Waals surface area (Å²) in [6.45, 7) is 2.30. The molecule has 0 amide bonds. The summed E-state index contributed by atoms with van der Waals surface area (Å²) >= 11 is 11.7. The smallest absolute Gasteiger partial charge is 0.156 e. The van der Waals surface area contributed by atoms with E-state index in [0.29, 0.717) is 30.1 Å². The fraction of sp³-hybridized carbons (Fsp3) is 0.286. The SMILES string of the molecule is Cc1cc(Cn2c(CCCl)nc3cc(F)c(Cl)cc32)on1. The van der Waals surface area contributed by atoms with Gasteiger partial charge in [0.1, 0.15) is 11.6 Å². The second-order valence-corrected chi connectivity index (χ2v) is 5.53. The number of nitrogens with zero attached hydrogens (tertiary/aromatic N) is 3. The van der Waals surface area contributed by atoms with Crippen LogP contribution in [0.3, 0.4) is 0 Å². The number of halogens is 3. The van der Waals surface area contributed by atoms with Crippen molar-refractivity contribution in [3.05, 3.63) is 46.3 Å². The predicted octanol–water partition coefficient (Wildman–Crippen LogP) is 3.95. The van der Waals surface area contributed by atoms with Crippen molar-refractivity contribution >= 4 is 34.2 Å². The fourth-order valence-corrected chi connectivity index (χ4v) is 2.60. The highest BCUT2D eigenvalue weighted by atomic mass is 35.5. The van der Waals surface area contributed by atoms with E-state index >= 15 is 0 Å². The molecular weight excluding hydrogens is 316 g/mol. The number of hydrogen-bond acceptors (Lipinski definition) is 3. The number of aromatic nitrogens is 3. The van der Waals surface area contributed by atoms with E-state index in [1.165, 1.54) is 6.07 Å². The topological polar surface area (TPSA) is 43.9 Å². The van der Waals surface area contributed by atoms with Crippen molar-refractivity contribution in [3.8, 4) is 0 Å². The van der Waals surface area contributed by atoms with Gasteiger partial charge in [-0.05, 0) is 13.0 Å². The van der Waals surface area contributed by atoms with Crippen molar-refractivity contribution < 1.29 is 8.91 Å². The number of fused-ring (bicyclic) bond motifs is 1. The number of aryl methyl sites for hydroxylation is 2. The van der Waals surface area contributed by atoms with Crippen LogP contribution in [0.2, 0.25) is 5.02 Å². The van der Waals surface area contributed by atoms with Crippen molar-refractivity contribution in [1.82, 2.24) is 14.7 Å². The Bertz CT molecular complexity index is 797. The summed E-state index contributed by atoms with van der Waals surface area (Å²) < 4.78 is 20.7. The van der Waals surface area contributed by atoms with E-state index in [4.69, 9.17) is 27.7 Å². The first-order valence-electron chi connectivity index (χ1n) is 6.41.